The molecule has 0 aromatic heterocycles. The molecule has 0 spiro atoms. The molecule has 0 saturated carbocycles. The number of urea groups is 1. The molecule has 1 aliphatic rings. The Morgan fingerprint density at radius 1 is 1.35 bits per heavy atom. The molecule has 0 radical (unpaired) electrons. The monoisotopic (exact) mass is 284 g/mol. The van der Waals surface area contributed by atoms with Crippen LogP contribution in [0.3, 0.4) is 0 Å². The summed E-state index contributed by atoms with van der Waals surface area (Å²) in [4.78, 5) is 24.9. The maximum absolute atomic E-state index is 12.1. The normalized spacial score (nSPS) is 23.6. The number of carboxylic acid groups (broad SMARTS) is 1. The van der Waals surface area contributed by atoms with Crippen molar-refractivity contribution in [3.63, 3.8) is 0 Å². The standard InChI is InChI=1S/C15H28N2O3/c1-4-5-6-7-8-12(2)16-14(20)17-10-9-15(3,11-17)13(18)19/h12H,4-11H2,1-3H3,(H,16,20)(H,18,19). The number of amides is 2. The van der Waals surface area contributed by atoms with E-state index >= 15 is 0 Å². The lowest BCUT2D eigenvalue weighted by Gasteiger charge is -2.22. The number of hydrogen-bond acceptors (Lipinski definition) is 2. The molecule has 1 fully saturated rings. The SMILES string of the molecule is CCCCCCC(C)NC(=O)N1CCC(C)(C(=O)O)C1. The van der Waals surface area contributed by atoms with Crippen molar-refractivity contribution in [1.29, 1.82) is 0 Å². The van der Waals surface area contributed by atoms with Gasteiger partial charge in [0.25, 0.3) is 0 Å². The van der Waals surface area contributed by atoms with Crippen molar-refractivity contribution >= 4 is 12.0 Å². The van der Waals surface area contributed by atoms with Crippen molar-refractivity contribution in [1.82, 2.24) is 10.2 Å². The number of carboxylic acids is 1. The number of rotatable bonds is 7. The summed E-state index contributed by atoms with van der Waals surface area (Å²) in [6.07, 6.45) is 6.29. The molecule has 5 heteroatoms. The van der Waals surface area contributed by atoms with Gasteiger partial charge in [0.2, 0.25) is 0 Å². The molecule has 116 valence electrons. The maximum atomic E-state index is 12.1. The first-order valence-electron chi connectivity index (χ1n) is 7.68. The van der Waals surface area contributed by atoms with Gasteiger partial charge in [0, 0.05) is 19.1 Å². The number of likely N-dealkylation sites (tertiary alicyclic amines) is 1. The maximum Gasteiger partial charge on any atom is 0.317 e. The molecular weight excluding hydrogens is 256 g/mol. The molecule has 5 nitrogen and oxygen atoms in total. The van der Waals surface area contributed by atoms with E-state index in [0.717, 1.165) is 12.8 Å². The molecular formula is C15H28N2O3. The molecule has 1 rings (SSSR count). The van der Waals surface area contributed by atoms with Crippen LogP contribution < -0.4 is 5.32 Å². The number of nitrogens with one attached hydrogen (secondary N) is 1. The third-order valence-corrected chi connectivity index (χ3v) is 4.14. The van der Waals surface area contributed by atoms with Crippen LogP contribution in [0, 0.1) is 5.41 Å². The lowest BCUT2D eigenvalue weighted by Crippen LogP contribution is -2.44. The summed E-state index contributed by atoms with van der Waals surface area (Å²) in [5, 5.41) is 12.1. The number of carbonyl (C=O) groups excluding carboxylic acids is 1. The quantitative estimate of drug-likeness (QED) is 0.706. The van der Waals surface area contributed by atoms with E-state index in [-0.39, 0.29) is 12.1 Å². The fourth-order valence-electron chi connectivity index (χ4n) is 2.56. The van der Waals surface area contributed by atoms with Crippen LogP contribution in [0.4, 0.5) is 4.79 Å². The topological polar surface area (TPSA) is 69.6 Å². The molecule has 2 unspecified atom stereocenters. The number of nitrogens with zero attached hydrogens (tertiary/aromatic N) is 1. The molecule has 0 aliphatic carbocycles. The van der Waals surface area contributed by atoms with E-state index in [0.29, 0.717) is 19.5 Å². The van der Waals surface area contributed by atoms with Crippen LogP contribution in [-0.4, -0.2) is 41.1 Å². The van der Waals surface area contributed by atoms with E-state index in [1.807, 2.05) is 6.92 Å². The van der Waals surface area contributed by atoms with Gasteiger partial charge in [-0.05, 0) is 26.7 Å². The van der Waals surface area contributed by atoms with Crippen LogP contribution in [0.1, 0.15) is 59.3 Å². The van der Waals surface area contributed by atoms with Gasteiger partial charge in [0.1, 0.15) is 0 Å². The smallest absolute Gasteiger partial charge is 0.317 e. The zero-order chi connectivity index (χ0) is 15.2. The van der Waals surface area contributed by atoms with E-state index in [1.54, 1.807) is 11.8 Å². The molecule has 2 atom stereocenters. The number of unbranched alkanes of at least 4 members (excludes halogenated alkanes) is 3. The summed E-state index contributed by atoms with van der Waals surface area (Å²) < 4.78 is 0. The van der Waals surface area contributed by atoms with Crippen LogP contribution in [0.25, 0.3) is 0 Å². The lowest BCUT2D eigenvalue weighted by molar-refractivity contribution is -0.146. The summed E-state index contributed by atoms with van der Waals surface area (Å²) in [7, 11) is 0. The number of hydrogen-bond donors (Lipinski definition) is 2. The summed E-state index contributed by atoms with van der Waals surface area (Å²) in [6.45, 7) is 6.72. The van der Waals surface area contributed by atoms with Gasteiger partial charge in [-0.15, -0.1) is 0 Å². The van der Waals surface area contributed by atoms with Crippen LogP contribution >= 0.6 is 0 Å². The van der Waals surface area contributed by atoms with Crippen molar-refractivity contribution < 1.29 is 14.7 Å². The first-order valence-corrected chi connectivity index (χ1v) is 7.68. The minimum atomic E-state index is -0.819. The molecule has 0 aromatic rings. The third-order valence-electron chi connectivity index (χ3n) is 4.14. The average molecular weight is 284 g/mol. The van der Waals surface area contributed by atoms with Gasteiger partial charge in [-0.1, -0.05) is 32.6 Å². The number of carbonyl (C=O) groups is 2. The number of aliphatic carboxylic acids is 1. The summed E-state index contributed by atoms with van der Waals surface area (Å²) in [5.74, 6) is -0.819. The fourth-order valence-corrected chi connectivity index (χ4v) is 2.56. The summed E-state index contributed by atoms with van der Waals surface area (Å²) >= 11 is 0. The van der Waals surface area contributed by atoms with Crippen molar-refractivity contribution in [2.24, 2.45) is 5.41 Å². The van der Waals surface area contributed by atoms with Gasteiger partial charge in [-0.25, -0.2) is 4.79 Å². The van der Waals surface area contributed by atoms with Crippen LogP contribution in [-0.2, 0) is 4.79 Å². The van der Waals surface area contributed by atoms with Crippen molar-refractivity contribution in [2.45, 2.75) is 65.3 Å². The zero-order valence-electron chi connectivity index (χ0n) is 12.9. The van der Waals surface area contributed by atoms with Gasteiger partial charge in [-0.2, -0.15) is 0 Å². The first-order chi connectivity index (χ1) is 9.39. The molecule has 2 amide bonds. The minimum Gasteiger partial charge on any atom is -0.481 e. The molecule has 0 aromatic carbocycles. The molecule has 2 N–H and O–H groups in total. The molecule has 0 bridgehead atoms. The Morgan fingerprint density at radius 3 is 2.60 bits per heavy atom. The summed E-state index contributed by atoms with van der Waals surface area (Å²) in [5.41, 5.74) is -0.790. The lowest BCUT2D eigenvalue weighted by atomic mass is 9.90. The van der Waals surface area contributed by atoms with Crippen LogP contribution in [0.2, 0.25) is 0 Å². The third kappa shape index (κ3) is 4.69. The van der Waals surface area contributed by atoms with E-state index in [2.05, 4.69) is 12.2 Å². The average Bonchev–Trinajstić information content (AvgIpc) is 2.79. The van der Waals surface area contributed by atoms with Gasteiger partial charge in [-0.3, -0.25) is 4.79 Å². The van der Waals surface area contributed by atoms with Gasteiger partial charge in [0.15, 0.2) is 0 Å². The van der Waals surface area contributed by atoms with Crippen molar-refractivity contribution in [2.75, 3.05) is 13.1 Å². The van der Waals surface area contributed by atoms with E-state index in [1.165, 1.54) is 19.3 Å². The largest absolute Gasteiger partial charge is 0.481 e. The Kier molecular flexibility index (Phi) is 6.30. The second-order valence-corrected chi connectivity index (χ2v) is 6.24. The van der Waals surface area contributed by atoms with Gasteiger partial charge >= 0.3 is 12.0 Å². The summed E-state index contributed by atoms with van der Waals surface area (Å²) in [6, 6.07) is 0.0222. The van der Waals surface area contributed by atoms with Crippen LogP contribution in [0.15, 0.2) is 0 Å². The second kappa shape index (κ2) is 7.50. The highest BCUT2D eigenvalue weighted by atomic mass is 16.4. The molecule has 1 aliphatic heterocycles. The molecule has 1 saturated heterocycles. The Morgan fingerprint density at radius 2 is 2.05 bits per heavy atom. The second-order valence-electron chi connectivity index (χ2n) is 6.24. The zero-order valence-corrected chi connectivity index (χ0v) is 12.9. The van der Waals surface area contributed by atoms with Gasteiger partial charge in [0.05, 0.1) is 5.41 Å². The highest BCUT2D eigenvalue weighted by molar-refractivity contribution is 5.79. The van der Waals surface area contributed by atoms with E-state index in [9.17, 15) is 9.59 Å². The predicted molar refractivity (Wildman–Crippen MR) is 78.7 cm³/mol. The fraction of sp³-hybridized carbons (Fsp3) is 0.867. The minimum absolute atomic E-state index is 0.127. The van der Waals surface area contributed by atoms with Crippen molar-refractivity contribution in [3.8, 4) is 0 Å². The first kappa shape index (κ1) is 16.8. The molecule has 1 heterocycles. The van der Waals surface area contributed by atoms with Crippen molar-refractivity contribution in [3.05, 3.63) is 0 Å². The van der Waals surface area contributed by atoms with Crippen LogP contribution in [0.5, 0.6) is 0 Å². The Hall–Kier alpha value is -1.26. The highest BCUT2D eigenvalue weighted by Gasteiger charge is 2.42. The Labute approximate surface area is 121 Å². The Balaban J connectivity index is 2.31. The molecule has 20 heavy (non-hydrogen) atoms. The van der Waals surface area contributed by atoms with Gasteiger partial charge < -0.3 is 15.3 Å². The van der Waals surface area contributed by atoms with E-state index < -0.39 is 11.4 Å². The highest BCUT2D eigenvalue weighted by Crippen LogP contribution is 2.30. The predicted octanol–water partition coefficient (Wildman–Crippen LogP) is 2.85. The van der Waals surface area contributed by atoms with E-state index in [4.69, 9.17) is 5.11 Å². The Bertz CT molecular complexity index is 346.